The van der Waals surface area contributed by atoms with Crippen molar-refractivity contribution in [2.24, 2.45) is 0 Å². The van der Waals surface area contributed by atoms with Gasteiger partial charge in [-0.3, -0.25) is 0 Å². The Hall–Kier alpha value is -1.65. The third-order valence-electron chi connectivity index (χ3n) is 2.32. The van der Waals surface area contributed by atoms with Gasteiger partial charge in [-0.2, -0.15) is 0 Å². The van der Waals surface area contributed by atoms with E-state index >= 15 is 0 Å². The van der Waals surface area contributed by atoms with Crippen molar-refractivity contribution < 1.29 is 5.11 Å². The molecule has 0 aliphatic carbocycles. The van der Waals surface area contributed by atoms with E-state index in [1.807, 2.05) is 12.1 Å². The van der Waals surface area contributed by atoms with Crippen molar-refractivity contribution >= 4 is 17.5 Å². The molecule has 0 fully saturated rings. The molecule has 1 aromatic carbocycles. The molecule has 0 radical (unpaired) electrons. The Morgan fingerprint density at radius 2 is 1.82 bits per heavy atom. The monoisotopic (exact) mass is 249 g/mol. The van der Waals surface area contributed by atoms with Gasteiger partial charge in [0.15, 0.2) is 0 Å². The molecule has 0 saturated heterocycles. The van der Waals surface area contributed by atoms with Crippen LogP contribution in [0.1, 0.15) is 11.6 Å². The number of rotatable bonds is 4. The van der Waals surface area contributed by atoms with Crippen LogP contribution in [0, 0.1) is 0 Å². The summed E-state index contributed by atoms with van der Waals surface area (Å²) in [4.78, 5) is 8.10. The molecule has 4 nitrogen and oxygen atoms in total. The van der Waals surface area contributed by atoms with Crippen molar-refractivity contribution in [3.8, 4) is 0 Å². The second-order valence-electron chi connectivity index (χ2n) is 3.50. The molecule has 0 amide bonds. The summed E-state index contributed by atoms with van der Waals surface area (Å²) in [5.74, 6) is 0.488. The van der Waals surface area contributed by atoms with Gasteiger partial charge in [-0.1, -0.05) is 23.7 Å². The molecule has 2 N–H and O–H groups in total. The molecule has 0 saturated carbocycles. The summed E-state index contributed by atoms with van der Waals surface area (Å²) < 4.78 is 0. The summed E-state index contributed by atoms with van der Waals surface area (Å²) in [6.45, 7) is -0.0418. The summed E-state index contributed by atoms with van der Waals surface area (Å²) >= 11 is 5.81. The van der Waals surface area contributed by atoms with E-state index in [4.69, 9.17) is 11.6 Å². The zero-order chi connectivity index (χ0) is 12.1. The average molecular weight is 250 g/mol. The second kappa shape index (κ2) is 5.61. The molecule has 2 rings (SSSR count). The molecular formula is C12H12ClN3O. The Balaban J connectivity index is 2.14. The standard InChI is InChI=1S/C12H12ClN3O/c13-10-4-2-9(3-5-10)11(8-17)16-12-14-6-1-7-15-12/h1-7,11,17H,8H2,(H,14,15,16). The number of aromatic nitrogens is 2. The Morgan fingerprint density at radius 1 is 1.18 bits per heavy atom. The number of benzene rings is 1. The van der Waals surface area contributed by atoms with Crippen molar-refractivity contribution in [1.29, 1.82) is 0 Å². The van der Waals surface area contributed by atoms with E-state index in [1.54, 1.807) is 30.6 Å². The minimum atomic E-state index is -0.241. The molecule has 17 heavy (non-hydrogen) atoms. The number of aliphatic hydroxyl groups is 1. The minimum absolute atomic E-state index is 0.0418. The Kier molecular flexibility index (Phi) is 3.90. The lowest BCUT2D eigenvalue weighted by Crippen LogP contribution is -2.16. The number of hydrogen-bond acceptors (Lipinski definition) is 4. The molecule has 1 heterocycles. The van der Waals surface area contributed by atoms with Gasteiger partial charge in [0, 0.05) is 17.4 Å². The fraction of sp³-hybridized carbons (Fsp3) is 0.167. The fourth-order valence-corrected chi connectivity index (χ4v) is 1.58. The zero-order valence-corrected chi connectivity index (χ0v) is 9.80. The first-order valence-electron chi connectivity index (χ1n) is 5.19. The Bertz CT molecular complexity index is 461. The zero-order valence-electron chi connectivity index (χ0n) is 9.05. The van der Waals surface area contributed by atoms with Gasteiger partial charge < -0.3 is 10.4 Å². The molecule has 0 spiro atoms. The predicted molar refractivity (Wildman–Crippen MR) is 66.9 cm³/mol. The highest BCUT2D eigenvalue weighted by molar-refractivity contribution is 6.30. The van der Waals surface area contributed by atoms with E-state index < -0.39 is 0 Å². The van der Waals surface area contributed by atoms with Crippen LogP contribution in [-0.4, -0.2) is 21.7 Å². The maximum absolute atomic E-state index is 9.36. The summed E-state index contributed by atoms with van der Waals surface area (Å²) in [6, 6.07) is 8.79. The highest BCUT2D eigenvalue weighted by Gasteiger charge is 2.10. The van der Waals surface area contributed by atoms with Crippen molar-refractivity contribution in [2.75, 3.05) is 11.9 Å². The van der Waals surface area contributed by atoms with Crippen LogP contribution >= 0.6 is 11.6 Å². The van der Waals surface area contributed by atoms with Crippen LogP contribution in [0.2, 0.25) is 5.02 Å². The van der Waals surface area contributed by atoms with Crippen LogP contribution < -0.4 is 5.32 Å². The van der Waals surface area contributed by atoms with Crippen molar-refractivity contribution in [3.63, 3.8) is 0 Å². The van der Waals surface area contributed by atoms with Gasteiger partial charge in [-0.15, -0.1) is 0 Å². The number of aliphatic hydroxyl groups excluding tert-OH is 1. The first kappa shape index (κ1) is 11.8. The molecule has 1 unspecified atom stereocenters. The number of nitrogens with one attached hydrogen (secondary N) is 1. The van der Waals surface area contributed by atoms with Crippen LogP contribution in [0.3, 0.4) is 0 Å². The van der Waals surface area contributed by atoms with E-state index in [0.717, 1.165) is 5.56 Å². The maximum Gasteiger partial charge on any atom is 0.223 e. The van der Waals surface area contributed by atoms with Gasteiger partial charge in [-0.05, 0) is 23.8 Å². The maximum atomic E-state index is 9.36. The summed E-state index contributed by atoms with van der Waals surface area (Å²) in [6.07, 6.45) is 3.29. The normalized spacial score (nSPS) is 12.1. The summed E-state index contributed by atoms with van der Waals surface area (Å²) in [5.41, 5.74) is 0.935. The number of hydrogen-bond donors (Lipinski definition) is 2. The quantitative estimate of drug-likeness (QED) is 0.873. The van der Waals surface area contributed by atoms with Gasteiger partial charge in [-0.25, -0.2) is 9.97 Å². The molecule has 1 atom stereocenters. The van der Waals surface area contributed by atoms with Crippen LogP contribution in [0.4, 0.5) is 5.95 Å². The van der Waals surface area contributed by atoms with E-state index in [1.165, 1.54) is 0 Å². The molecule has 0 aliphatic rings. The lowest BCUT2D eigenvalue weighted by molar-refractivity contribution is 0.276. The molecule has 5 heteroatoms. The molecule has 88 valence electrons. The van der Waals surface area contributed by atoms with Gasteiger partial charge in [0.05, 0.1) is 12.6 Å². The largest absolute Gasteiger partial charge is 0.394 e. The van der Waals surface area contributed by atoms with Gasteiger partial charge >= 0.3 is 0 Å². The van der Waals surface area contributed by atoms with Crippen molar-refractivity contribution in [1.82, 2.24) is 9.97 Å². The average Bonchev–Trinajstić information content (AvgIpc) is 2.38. The third-order valence-corrected chi connectivity index (χ3v) is 2.58. The van der Waals surface area contributed by atoms with Gasteiger partial charge in [0.25, 0.3) is 0 Å². The van der Waals surface area contributed by atoms with Crippen LogP contribution in [-0.2, 0) is 0 Å². The van der Waals surface area contributed by atoms with E-state index in [9.17, 15) is 5.11 Å². The Labute approximate surface area is 104 Å². The van der Waals surface area contributed by atoms with Crippen LogP contribution in [0.5, 0.6) is 0 Å². The number of nitrogens with zero attached hydrogens (tertiary/aromatic N) is 2. The molecule has 2 aromatic rings. The number of anilines is 1. The number of halogens is 1. The van der Waals surface area contributed by atoms with Gasteiger partial charge in [0.2, 0.25) is 5.95 Å². The smallest absolute Gasteiger partial charge is 0.223 e. The molecule has 0 bridgehead atoms. The topological polar surface area (TPSA) is 58.0 Å². The first-order chi connectivity index (χ1) is 8.29. The van der Waals surface area contributed by atoms with E-state index in [-0.39, 0.29) is 12.6 Å². The third kappa shape index (κ3) is 3.15. The molecule has 0 aliphatic heterocycles. The van der Waals surface area contributed by atoms with E-state index in [2.05, 4.69) is 15.3 Å². The first-order valence-corrected chi connectivity index (χ1v) is 5.57. The molecule has 1 aromatic heterocycles. The van der Waals surface area contributed by atoms with Crippen molar-refractivity contribution in [3.05, 3.63) is 53.3 Å². The van der Waals surface area contributed by atoms with E-state index in [0.29, 0.717) is 11.0 Å². The summed E-state index contributed by atoms with van der Waals surface area (Å²) in [5, 5.41) is 13.1. The van der Waals surface area contributed by atoms with Gasteiger partial charge in [0.1, 0.15) is 0 Å². The second-order valence-corrected chi connectivity index (χ2v) is 3.94. The highest BCUT2D eigenvalue weighted by atomic mass is 35.5. The van der Waals surface area contributed by atoms with Crippen molar-refractivity contribution in [2.45, 2.75) is 6.04 Å². The predicted octanol–water partition coefficient (Wildman–Crippen LogP) is 2.28. The van der Waals surface area contributed by atoms with Crippen LogP contribution in [0.15, 0.2) is 42.7 Å². The lowest BCUT2D eigenvalue weighted by Gasteiger charge is -2.16. The highest BCUT2D eigenvalue weighted by Crippen LogP contribution is 2.18. The molecular weight excluding hydrogens is 238 g/mol. The SMILES string of the molecule is OCC(Nc1ncccn1)c1ccc(Cl)cc1. The fourth-order valence-electron chi connectivity index (χ4n) is 1.46. The van der Waals surface area contributed by atoms with Crippen LogP contribution in [0.25, 0.3) is 0 Å². The minimum Gasteiger partial charge on any atom is -0.394 e. The Morgan fingerprint density at radius 3 is 2.41 bits per heavy atom. The summed E-state index contributed by atoms with van der Waals surface area (Å²) in [7, 11) is 0. The lowest BCUT2D eigenvalue weighted by atomic mass is 10.1.